The molecule has 1 aromatic carbocycles. The van der Waals surface area contributed by atoms with Gasteiger partial charge in [-0.3, -0.25) is 19.7 Å². The van der Waals surface area contributed by atoms with Crippen LogP contribution in [0.25, 0.3) is 0 Å². The van der Waals surface area contributed by atoms with Gasteiger partial charge in [-0.1, -0.05) is 13.8 Å². The van der Waals surface area contributed by atoms with Crippen LogP contribution in [0.5, 0.6) is 0 Å². The van der Waals surface area contributed by atoms with Crippen molar-refractivity contribution >= 4 is 23.3 Å². The Bertz CT molecular complexity index is 740. The van der Waals surface area contributed by atoms with E-state index in [1.165, 1.54) is 11.0 Å². The number of rotatable bonds is 3. The molecule has 1 amide bonds. The maximum absolute atomic E-state index is 12.8. The topological polar surface area (TPSA) is 101 Å². The third-order valence-corrected chi connectivity index (χ3v) is 5.11. The first kappa shape index (κ1) is 15.5. The van der Waals surface area contributed by atoms with E-state index in [1.54, 1.807) is 26.8 Å². The van der Waals surface area contributed by atoms with Crippen LogP contribution in [0.15, 0.2) is 12.1 Å². The number of aliphatic carboxylic acids is 1. The number of amides is 1. The Hall–Kier alpha value is -2.44. The van der Waals surface area contributed by atoms with Crippen LogP contribution in [-0.2, 0) is 16.0 Å². The van der Waals surface area contributed by atoms with E-state index in [1.807, 2.05) is 0 Å². The minimum atomic E-state index is -0.970. The van der Waals surface area contributed by atoms with Gasteiger partial charge >= 0.3 is 5.97 Å². The Morgan fingerprint density at radius 1 is 1.35 bits per heavy atom. The van der Waals surface area contributed by atoms with E-state index in [9.17, 15) is 24.8 Å². The zero-order valence-corrected chi connectivity index (χ0v) is 13.2. The van der Waals surface area contributed by atoms with Crippen LogP contribution in [0.4, 0.5) is 11.4 Å². The molecule has 0 spiro atoms. The number of anilines is 1. The number of nitro groups is 1. The SMILES string of the molecule is Cc1cc2c(cc1[N+](=O)[O-])N(C(=O)[C@@H]1[C@H](C(=O)O)C1(C)C)CC2. The first-order valence-electron chi connectivity index (χ1n) is 7.48. The van der Waals surface area contributed by atoms with Crippen LogP contribution in [0.3, 0.4) is 0 Å². The summed E-state index contributed by atoms with van der Waals surface area (Å²) >= 11 is 0. The average Bonchev–Trinajstić information content (AvgIpc) is 2.82. The second-order valence-corrected chi connectivity index (χ2v) is 6.88. The van der Waals surface area contributed by atoms with Crippen molar-refractivity contribution in [1.82, 2.24) is 0 Å². The lowest BCUT2D eigenvalue weighted by molar-refractivity contribution is -0.385. The van der Waals surface area contributed by atoms with E-state index in [2.05, 4.69) is 0 Å². The van der Waals surface area contributed by atoms with Crippen LogP contribution in [0, 0.1) is 34.3 Å². The highest BCUT2D eigenvalue weighted by atomic mass is 16.6. The Balaban J connectivity index is 1.94. The summed E-state index contributed by atoms with van der Waals surface area (Å²) in [6.45, 7) is 5.65. The molecule has 7 nitrogen and oxygen atoms in total. The van der Waals surface area contributed by atoms with E-state index in [4.69, 9.17) is 0 Å². The molecule has 3 rings (SSSR count). The van der Waals surface area contributed by atoms with Gasteiger partial charge in [-0.05, 0) is 30.4 Å². The molecule has 1 fully saturated rings. The lowest BCUT2D eigenvalue weighted by Crippen LogP contribution is -2.32. The minimum absolute atomic E-state index is 0.0201. The minimum Gasteiger partial charge on any atom is -0.481 e. The summed E-state index contributed by atoms with van der Waals surface area (Å²) in [4.78, 5) is 36.2. The number of carboxylic acid groups (broad SMARTS) is 1. The van der Waals surface area contributed by atoms with Gasteiger partial charge in [0, 0.05) is 18.2 Å². The van der Waals surface area contributed by atoms with Crippen molar-refractivity contribution < 1.29 is 19.6 Å². The second-order valence-electron chi connectivity index (χ2n) is 6.88. The molecule has 0 bridgehead atoms. The lowest BCUT2D eigenvalue weighted by atomic mass is 10.1. The number of carboxylic acids is 1. The Morgan fingerprint density at radius 2 is 2.00 bits per heavy atom. The van der Waals surface area contributed by atoms with Gasteiger partial charge in [-0.25, -0.2) is 0 Å². The molecule has 2 atom stereocenters. The molecule has 1 aliphatic heterocycles. The molecule has 2 aliphatic rings. The van der Waals surface area contributed by atoms with Crippen LogP contribution in [0.1, 0.15) is 25.0 Å². The van der Waals surface area contributed by atoms with Crippen LogP contribution >= 0.6 is 0 Å². The number of aryl methyl sites for hydroxylation is 1. The normalized spacial score (nSPS) is 24.2. The fourth-order valence-electron chi connectivity index (χ4n) is 3.70. The van der Waals surface area contributed by atoms with Gasteiger partial charge < -0.3 is 10.0 Å². The molecular formula is C16H18N2O5. The highest BCUT2D eigenvalue weighted by Crippen LogP contribution is 2.59. The van der Waals surface area contributed by atoms with Gasteiger partial charge in [0.15, 0.2) is 0 Å². The maximum atomic E-state index is 12.8. The number of carbonyl (C=O) groups is 2. The van der Waals surface area contributed by atoms with Crippen molar-refractivity contribution in [3.05, 3.63) is 33.4 Å². The Kier molecular flexibility index (Phi) is 3.21. The third kappa shape index (κ3) is 2.18. The highest BCUT2D eigenvalue weighted by molar-refractivity contribution is 6.03. The summed E-state index contributed by atoms with van der Waals surface area (Å²) in [6, 6.07) is 3.17. The molecule has 23 heavy (non-hydrogen) atoms. The molecule has 0 aromatic heterocycles. The number of fused-ring (bicyclic) bond motifs is 1. The quantitative estimate of drug-likeness (QED) is 0.679. The molecule has 0 saturated heterocycles. The number of carbonyl (C=O) groups excluding carboxylic acids is 1. The lowest BCUT2D eigenvalue weighted by Gasteiger charge is -2.18. The molecule has 0 radical (unpaired) electrons. The molecular weight excluding hydrogens is 300 g/mol. The predicted octanol–water partition coefficient (Wildman–Crippen LogP) is 2.15. The first-order valence-corrected chi connectivity index (χ1v) is 7.48. The van der Waals surface area contributed by atoms with Gasteiger partial charge in [0.05, 0.1) is 22.4 Å². The van der Waals surface area contributed by atoms with E-state index in [0.29, 0.717) is 24.2 Å². The monoisotopic (exact) mass is 318 g/mol. The first-order chi connectivity index (χ1) is 10.7. The van der Waals surface area contributed by atoms with E-state index >= 15 is 0 Å². The molecule has 7 heteroatoms. The van der Waals surface area contributed by atoms with Crippen LogP contribution in [0.2, 0.25) is 0 Å². The highest BCUT2D eigenvalue weighted by Gasteiger charge is 2.66. The molecule has 1 aromatic rings. The zero-order valence-electron chi connectivity index (χ0n) is 13.2. The predicted molar refractivity (Wildman–Crippen MR) is 82.3 cm³/mol. The van der Waals surface area contributed by atoms with Crippen molar-refractivity contribution in [3.63, 3.8) is 0 Å². The Labute approximate surface area is 133 Å². The van der Waals surface area contributed by atoms with Gasteiger partial charge in [-0.15, -0.1) is 0 Å². The van der Waals surface area contributed by atoms with E-state index in [-0.39, 0.29) is 11.6 Å². The summed E-state index contributed by atoms with van der Waals surface area (Å²) in [7, 11) is 0. The molecule has 1 saturated carbocycles. The van der Waals surface area contributed by atoms with Crippen molar-refractivity contribution in [2.24, 2.45) is 17.3 Å². The number of nitro benzene ring substituents is 1. The van der Waals surface area contributed by atoms with Gasteiger partial charge in [-0.2, -0.15) is 0 Å². The standard InChI is InChI=1S/C16H18N2O5/c1-8-6-9-4-5-17(11(9)7-10(8)18(22)23)14(19)12-13(15(20)21)16(12,2)3/h6-7,12-13H,4-5H2,1-3H3,(H,20,21)/t12-,13+/m0/s1. The van der Waals surface area contributed by atoms with Gasteiger partial charge in [0.2, 0.25) is 5.91 Å². The van der Waals surface area contributed by atoms with Gasteiger partial charge in [0.1, 0.15) is 0 Å². The fourth-order valence-corrected chi connectivity index (χ4v) is 3.70. The van der Waals surface area contributed by atoms with Crippen molar-refractivity contribution in [1.29, 1.82) is 0 Å². The van der Waals surface area contributed by atoms with E-state index < -0.39 is 28.1 Å². The summed E-state index contributed by atoms with van der Waals surface area (Å²) in [5.41, 5.74) is 1.40. The van der Waals surface area contributed by atoms with Crippen molar-refractivity contribution in [2.45, 2.75) is 27.2 Å². The largest absolute Gasteiger partial charge is 0.481 e. The smallest absolute Gasteiger partial charge is 0.307 e. The van der Waals surface area contributed by atoms with E-state index in [0.717, 1.165) is 5.56 Å². The summed E-state index contributed by atoms with van der Waals surface area (Å²) in [5, 5.41) is 20.4. The number of benzene rings is 1. The fraction of sp³-hybridized carbons (Fsp3) is 0.500. The summed E-state index contributed by atoms with van der Waals surface area (Å²) < 4.78 is 0. The molecule has 122 valence electrons. The second kappa shape index (κ2) is 4.78. The maximum Gasteiger partial charge on any atom is 0.307 e. The molecule has 0 unspecified atom stereocenters. The van der Waals surface area contributed by atoms with Crippen molar-refractivity contribution in [3.8, 4) is 0 Å². The van der Waals surface area contributed by atoms with Gasteiger partial charge in [0.25, 0.3) is 5.69 Å². The number of hydrogen-bond donors (Lipinski definition) is 1. The molecule has 1 aliphatic carbocycles. The average molecular weight is 318 g/mol. The van der Waals surface area contributed by atoms with Crippen molar-refractivity contribution in [2.75, 3.05) is 11.4 Å². The number of nitrogens with zero attached hydrogens (tertiary/aromatic N) is 2. The third-order valence-electron chi connectivity index (χ3n) is 5.11. The zero-order chi connectivity index (χ0) is 17.1. The Morgan fingerprint density at radius 3 is 2.52 bits per heavy atom. The molecule has 1 heterocycles. The number of hydrogen-bond acceptors (Lipinski definition) is 4. The summed E-state index contributed by atoms with van der Waals surface area (Å²) in [6.07, 6.45) is 0.630. The molecule has 1 N–H and O–H groups in total. The van der Waals surface area contributed by atoms with Crippen LogP contribution < -0.4 is 4.90 Å². The van der Waals surface area contributed by atoms with Crippen LogP contribution in [-0.4, -0.2) is 28.5 Å². The summed E-state index contributed by atoms with van der Waals surface area (Å²) in [5.74, 6) is -2.49.